The molecule has 3 aromatic carbocycles. The number of nitrogens with zero attached hydrogens (tertiary/aromatic N) is 2. The molecule has 1 aliphatic carbocycles. The average molecular weight is 495 g/mol. The first-order valence-electron chi connectivity index (χ1n) is 13.1. The van der Waals surface area contributed by atoms with Crippen molar-refractivity contribution in [3.05, 3.63) is 108 Å². The van der Waals surface area contributed by atoms with Crippen LogP contribution in [0.4, 0.5) is 0 Å². The lowest BCUT2D eigenvalue weighted by Gasteiger charge is -2.27. The summed E-state index contributed by atoms with van der Waals surface area (Å²) < 4.78 is 0. The summed E-state index contributed by atoms with van der Waals surface area (Å²) in [6.07, 6.45) is 4.08. The van der Waals surface area contributed by atoms with Gasteiger partial charge < -0.3 is 11.1 Å². The first-order chi connectivity index (χ1) is 17.9. The number of hydrogen-bond acceptors (Lipinski definition) is 4. The summed E-state index contributed by atoms with van der Waals surface area (Å²) in [6.45, 7) is 2.48. The van der Waals surface area contributed by atoms with Crippen LogP contribution in [0.25, 0.3) is 0 Å². The van der Waals surface area contributed by atoms with Crippen LogP contribution in [0.1, 0.15) is 49.3 Å². The van der Waals surface area contributed by atoms with E-state index in [1.54, 1.807) is 4.90 Å². The normalized spacial score (nSPS) is 18.2. The van der Waals surface area contributed by atoms with E-state index in [0.29, 0.717) is 13.0 Å². The average Bonchev–Trinajstić information content (AvgIpc) is 3.66. The molecule has 6 heteroatoms. The van der Waals surface area contributed by atoms with E-state index in [-0.39, 0.29) is 29.2 Å². The quantitative estimate of drug-likeness (QED) is 0.438. The van der Waals surface area contributed by atoms with Crippen molar-refractivity contribution in [2.45, 2.75) is 50.6 Å². The Morgan fingerprint density at radius 3 is 2.03 bits per heavy atom. The summed E-state index contributed by atoms with van der Waals surface area (Å²) in [7, 11) is 0. The van der Waals surface area contributed by atoms with Gasteiger partial charge in [-0.15, -0.1) is 0 Å². The Kier molecular flexibility index (Phi) is 6.83. The second-order valence-corrected chi connectivity index (χ2v) is 10.3. The number of hydrogen-bond donors (Lipinski definition) is 2. The van der Waals surface area contributed by atoms with Gasteiger partial charge in [0.1, 0.15) is 0 Å². The first kappa shape index (κ1) is 24.8. The number of carbonyl (C=O) groups excluding carboxylic acids is 2. The molecule has 5 rings (SSSR count). The van der Waals surface area contributed by atoms with E-state index in [2.05, 4.69) is 17.4 Å². The summed E-state index contributed by atoms with van der Waals surface area (Å²) in [6, 6.07) is 29.4. The molecule has 1 atom stereocenters. The molecule has 37 heavy (non-hydrogen) atoms. The van der Waals surface area contributed by atoms with Crippen molar-refractivity contribution >= 4 is 17.8 Å². The summed E-state index contributed by atoms with van der Waals surface area (Å²) in [4.78, 5) is 33.3. The molecule has 0 spiro atoms. The Morgan fingerprint density at radius 2 is 1.49 bits per heavy atom. The van der Waals surface area contributed by atoms with Crippen LogP contribution >= 0.6 is 0 Å². The molecule has 0 bridgehead atoms. The van der Waals surface area contributed by atoms with Crippen LogP contribution in [0, 0.1) is 5.41 Å². The standard InChI is InChI=1S/C31H34N4O2/c1-23(33-27(36)30(19-20-30)22-24-13-5-2-6-14-24)12-11-21-35-28(37)31(34-29(35)32,25-15-7-3-8-16-25)26-17-9-4-10-18-26/h2-10,13-18,23H,11-12,19-22H2,1H3,(H2,32,34)(H,33,36)/t23-/m0/s1. The van der Waals surface area contributed by atoms with E-state index < -0.39 is 5.54 Å². The largest absolute Gasteiger partial charge is 0.369 e. The molecule has 3 aromatic rings. The topological polar surface area (TPSA) is 87.8 Å². The minimum atomic E-state index is -1.18. The second-order valence-electron chi connectivity index (χ2n) is 10.3. The number of aliphatic imine (C=N–C) groups is 1. The number of nitrogens with one attached hydrogen (secondary N) is 1. The maximum atomic E-state index is 13.9. The Bertz CT molecular complexity index is 1230. The Balaban J connectivity index is 1.21. The van der Waals surface area contributed by atoms with Crippen LogP contribution in [0.2, 0.25) is 0 Å². The van der Waals surface area contributed by atoms with Crippen molar-refractivity contribution in [3.63, 3.8) is 0 Å². The van der Waals surface area contributed by atoms with Gasteiger partial charge in [0, 0.05) is 12.6 Å². The predicted molar refractivity (Wildman–Crippen MR) is 146 cm³/mol. The van der Waals surface area contributed by atoms with Crippen molar-refractivity contribution in [3.8, 4) is 0 Å². The maximum absolute atomic E-state index is 13.9. The summed E-state index contributed by atoms with van der Waals surface area (Å²) in [5.41, 5.74) is 7.68. The van der Waals surface area contributed by atoms with Gasteiger partial charge in [0.15, 0.2) is 11.5 Å². The zero-order valence-electron chi connectivity index (χ0n) is 21.3. The summed E-state index contributed by atoms with van der Waals surface area (Å²) >= 11 is 0. The van der Waals surface area contributed by atoms with Crippen molar-refractivity contribution in [2.75, 3.05) is 6.54 Å². The number of carbonyl (C=O) groups is 2. The highest BCUT2D eigenvalue weighted by molar-refractivity contribution is 6.09. The van der Waals surface area contributed by atoms with E-state index >= 15 is 0 Å². The molecule has 2 amide bonds. The molecule has 1 fully saturated rings. The number of guanidine groups is 1. The van der Waals surface area contributed by atoms with E-state index in [1.807, 2.05) is 85.8 Å². The van der Waals surface area contributed by atoms with Gasteiger partial charge in [-0.2, -0.15) is 0 Å². The number of rotatable bonds is 10. The Hall–Kier alpha value is -3.93. The van der Waals surface area contributed by atoms with Crippen molar-refractivity contribution in [1.29, 1.82) is 0 Å². The van der Waals surface area contributed by atoms with E-state index in [4.69, 9.17) is 10.7 Å². The smallest absolute Gasteiger partial charge is 0.266 e. The van der Waals surface area contributed by atoms with Crippen LogP contribution in [0.5, 0.6) is 0 Å². The van der Waals surface area contributed by atoms with Gasteiger partial charge in [0.25, 0.3) is 5.91 Å². The third-order valence-corrected chi connectivity index (χ3v) is 7.61. The molecule has 0 saturated heterocycles. The molecule has 1 saturated carbocycles. The minimum absolute atomic E-state index is 0.00428. The van der Waals surface area contributed by atoms with Crippen LogP contribution in [0.3, 0.4) is 0 Å². The monoisotopic (exact) mass is 494 g/mol. The van der Waals surface area contributed by atoms with Crippen molar-refractivity contribution < 1.29 is 9.59 Å². The fraction of sp³-hybridized carbons (Fsp3) is 0.323. The fourth-order valence-corrected chi connectivity index (χ4v) is 5.32. The lowest BCUT2D eigenvalue weighted by Crippen LogP contribution is -2.44. The first-order valence-corrected chi connectivity index (χ1v) is 13.1. The summed E-state index contributed by atoms with van der Waals surface area (Å²) in [5, 5.41) is 3.21. The van der Waals surface area contributed by atoms with Crippen molar-refractivity contribution in [2.24, 2.45) is 16.1 Å². The Morgan fingerprint density at radius 1 is 0.946 bits per heavy atom. The molecule has 0 unspecified atom stereocenters. The van der Waals surface area contributed by atoms with Gasteiger partial charge in [0.2, 0.25) is 5.91 Å². The van der Waals surface area contributed by atoms with Gasteiger partial charge in [0.05, 0.1) is 5.41 Å². The summed E-state index contributed by atoms with van der Waals surface area (Å²) in [5.74, 6) is 0.224. The van der Waals surface area contributed by atoms with Gasteiger partial charge in [-0.25, -0.2) is 4.99 Å². The van der Waals surface area contributed by atoms with E-state index in [1.165, 1.54) is 5.56 Å². The molecule has 0 radical (unpaired) electrons. The van der Waals surface area contributed by atoms with Crippen molar-refractivity contribution in [1.82, 2.24) is 10.2 Å². The number of benzene rings is 3. The zero-order valence-corrected chi connectivity index (χ0v) is 21.3. The van der Waals surface area contributed by atoms with Gasteiger partial charge in [-0.3, -0.25) is 14.5 Å². The van der Waals surface area contributed by atoms with Gasteiger partial charge >= 0.3 is 0 Å². The second kappa shape index (κ2) is 10.2. The molecular formula is C31H34N4O2. The molecule has 1 heterocycles. The predicted octanol–water partition coefficient (Wildman–Crippen LogP) is 4.39. The molecule has 0 aromatic heterocycles. The maximum Gasteiger partial charge on any atom is 0.266 e. The molecule has 190 valence electrons. The molecular weight excluding hydrogens is 460 g/mol. The SMILES string of the molecule is C[C@@H](CCCN1C(=O)C(c2ccccc2)(c2ccccc2)N=C1N)NC(=O)C1(Cc2ccccc2)CC1. The fourth-order valence-electron chi connectivity index (χ4n) is 5.32. The zero-order chi connectivity index (χ0) is 25.9. The van der Waals surface area contributed by atoms with Crippen LogP contribution in [-0.2, 0) is 21.5 Å². The van der Waals surface area contributed by atoms with Crippen LogP contribution < -0.4 is 11.1 Å². The molecule has 6 nitrogen and oxygen atoms in total. The number of nitrogens with two attached hydrogens (primary N) is 1. The van der Waals surface area contributed by atoms with Gasteiger partial charge in [-0.1, -0.05) is 91.0 Å². The van der Waals surface area contributed by atoms with Crippen LogP contribution in [0.15, 0.2) is 96.0 Å². The molecule has 3 N–H and O–H groups in total. The number of amides is 2. The molecule has 2 aliphatic rings. The van der Waals surface area contributed by atoms with Crippen LogP contribution in [-0.4, -0.2) is 35.3 Å². The third-order valence-electron chi connectivity index (χ3n) is 7.61. The van der Waals surface area contributed by atoms with E-state index in [0.717, 1.165) is 36.8 Å². The van der Waals surface area contributed by atoms with Gasteiger partial charge in [-0.05, 0) is 55.7 Å². The minimum Gasteiger partial charge on any atom is -0.369 e. The Labute approximate surface area is 218 Å². The highest BCUT2D eigenvalue weighted by Crippen LogP contribution is 2.48. The van der Waals surface area contributed by atoms with E-state index in [9.17, 15) is 9.59 Å². The lowest BCUT2D eigenvalue weighted by molar-refractivity contribution is -0.130. The lowest BCUT2D eigenvalue weighted by atomic mass is 9.83. The third kappa shape index (κ3) is 4.88. The molecule has 1 aliphatic heterocycles. The highest BCUT2D eigenvalue weighted by atomic mass is 16.2. The highest BCUT2D eigenvalue weighted by Gasteiger charge is 2.51.